The van der Waals surface area contributed by atoms with E-state index < -0.39 is 10.5 Å². The van der Waals surface area contributed by atoms with Crippen molar-refractivity contribution < 1.29 is 4.92 Å². The molecule has 0 aliphatic heterocycles. The van der Waals surface area contributed by atoms with Crippen molar-refractivity contribution in [2.45, 2.75) is 19.4 Å². The van der Waals surface area contributed by atoms with Crippen molar-refractivity contribution in [3.63, 3.8) is 0 Å². The number of anilines is 1. The van der Waals surface area contributed by atoms with Gasteiger partial charge in [-0.2, -0.15) is 0 Å². The summed E-state index contributed by atoms with van der Waals surface area (Å²) in [5.74, 6) is 0. The second-order valence-electron chi connectivity index (χ2n) is 4.51. The van der Waals surface area contributed by atoms with E-state index in [1.165, 1.54) is 23.5 Å². The lowest BCUT2D eigenvalue weighted by Crippen LogP contribution is -2.27. The molecule has 2 rings (SSSR count). The van der Waals surface area contributed by atoms with E-state index in [4.69, 9.17) is 11.6 Å². The number of hydrogen-bond acceptors (Lipinski definition) is 5. The first-order valence-corrected chi connectivity index (χ1v) is 6.78. The zero-order valence-electron chi connectivity index (χ0n) is 10.4. The Labute approximate surface area is 119 Å². The minimum Gasteiger partial charge on any atom is -0.373 e. The Morgan fingerprint density at radius 2 is 2.21 bits per heavy atom. The van der Waals surface area contributed by atoms with E-state index in [0.29, 0.717) is 10.7 Å². The lowest BCUT2D eigenvalue weighted by atomic mass is 10.1. The fourth-order valence-corrected chi connectivity index (χ4v) is 2.58. The summed E-state index contributed by atoms with van der Waals surface area (Å²) in [5.41, 5.74) is 0.226. The highest BCUT2D eigenvalue weighted by molar-refractivity contribution is 7.09. The summed E-state index contributed by atoms with van der Waals surface area (Å²) in [6, 6.07) is 4.36. The lowest BCUT2D eigenvalue weighted by Gasteiger charge is -2.25. The molecule has 0 aliphatic rings. The number of nitrogens with zero attached hydrogens (tertiary/aromatic N) is 2. The summed E-state index contributed by atoms with van der Waals surface area (Å²) in [7, 11) is 0. The lowest BCUT2D eigenvalue weighted by molar-refractivity contribution is -0.384. The minimum atomic E-state index is -0.471. The van der Waals surface area contributed by atoms with Gasteiger partial charge in [-0.25, -0.2) is 4.98 Å². The molecule has 1 aromatic heterocycles. The van der Waals surface area contributed by atoms with Crippen LogP contribution in [0.1, 0.15) is 18.9 Å². The molecule has 0 saturated carbocycles. The summed E-state index contributed by atoms with van der Waals surface area (Å²) < 4.78 is 0. The largest absolute Gasteiger partial charge is 0.373 e. The molecule has 1 N–H and O–H groups in total. The number of rotatable bonds is 4. The van der Waals surface area contributed by atoms with Crippen LogP contribution in [0.5, 0.6) is 0 Å². The first kappa shape index (κ1) is 13.8. The topological polar surface area (TPSA) is 68.1 Å². The fourth-order valence-electron chi connectivity index (χ4n) is 1.64. The highest BCUT2D eigenvalue weighted by Gasteiger charge is 2.24. The number of thiazole rings is 1. The fraction of sp³-hybridized carbons (Fsp3) is 0.250. The normalized spacial score (nSPS) is 11.3. The van der Waals surface area contributed by atoms with Crippen molar-refractivity contribution in [2.24, 2.45) is 0 Å². The first-order chi connectivity index (χ1) is 8.90. The van der Waals surface area contributed by atoms with Gasteiger partial charge in [0.1, 0.15) is 5.01 Å². The number of halogens is 1. The van der Waals surface area contributed by atoms with Crippen LogP contribution in [0.15, 0.2) is 29.8 Å². The third kappa shape index (κ3) is 3.02. The molecule has 1 heterocycles. The number of nitro benzene ring substituents is 1. The van der Waals surface area contributed by atoms with Crippen molar-refractivity contribution in [1.82, 2.24) is 4.98 Å². The standard InChI is InChI=1S/C12H12ClN3O2S/c1-12(2,11-14-5-6-19-11)15-10-4-3-8(16(17)18)7-9(10)13/h3-7,15H,1-2H3. The van der Waals surface area contributed by atoms with Crippen LogP contribution >= 0.6 is 22.9 Å². The molecular weight excluding hydrogens is 286 g/mol. The Kier molecular flexibility index (Phi) is 3.73. The predicted octanol–water partition coefficient (Wildman–Crippen LogP) is 4.05. The predicted molar refractivity (Wildman–Crippen MR) is 76.9 cm³/mol. The minimum absolute atomic E-state index is 0.0254. The first-order valence-electron chi connectivity index (χ1n) is 5.52. The van der Waals surface area contributed by atoms with Gasteiger partial charge in [-0.05, 0) is 19.9 Å². The van der Waals surface area contributed by atoms with Crippen LogP contribution in [-0.2, 0) is 5.54 Å². The van der Waals surface area contributed by atoms with Crippen molar-refractivity contribution >= 4 is 34.3 Å². The third-order valence-corrected chi connectivity index (χ3v) is 3.99. The summed E-state index contributed by atoms with van der Waals surface area (Å²) in [6.07, 6.45) is 1.74. The second-order valence-corrected chi connectivity index (χ2v) is 5.81. The summed E-state index contributed by atoms with van der Waals surface area (Å²) >= 11 is 7.60. The highest BCUT2D eigenvalue weighted by atomic mass is 35.5. The summed E-state index contributed by atoms with van der Waals surface area (Å²) in [6.45, 7) is 3.95. The van der Waals surface area contributed by atoms with Gasteiger partial charge in [0.2, 0.25) is 0 Å². The zero-order valence-corrected chi connectivity index (χ0v) is 12.0. The van der Waals surface area contributed by atoms with E-state index in [-0.39, 0.29) is 5.69 Å². The van der Waals surface area contributed by atoms with Gasteiger partial charge < -0.3 is 5.32 Å². The van der Waals surface area contributed by atoms with Crippen LogP contribution in [0.25, 0.3) is 0 Å². The molecule has 2 aromatic rings. The molecule has 19 heavy (non-hydrogen) atoms. The average molecular weight is 298 g/mol. The number of hydrogen-bond donors (Lipinski definition) is 1. The quantitative estimate of drug-likeness (QED) is 0.683. The maximum Gasteiger partial charge on any atom is 0.271 e. The Morgan fingerprint density at radius 1 is 1.47 bits per heavy atom. The molecule has 0 amide bonds. The van der Waals surface area contributed by atoms with Gasteiger partial charge in [0.25, 0.3) is 5.69 Å². The number of non-ortho nitro benzene ring substituents is 1. The number of aromatic nitrogens is 1. The molecule has 100 valence electrons. The van der Waals surface area contributed by atoms with E-state index >= 15 is 0 Å². The molecule has 0 fully saturated rings. The third-order valence-electron chi connectivity index (χ3n) is 2.58. The summed E-state index contributed by atoms with van der Waals surface area (Å²) in [5, 5.41) is 17.0. The average Bonchev–Trinajstić information content (AvgIpc) is 2.85. The van der Waals surface area contributed by atoms with Gasteiger partial charge in [-0.15, -0.1) is 11.3 Å². The zero-order chi connectivity index (χ0) is 14.0. The molecule has 0 unspecified atom stereocenters. The van der Waals surface area contributed by atoms with Gasteiger partial charge in [-0.3, -0.25) is 10.1 Å². The molecule has 5 nitrogen and oxygen atoms in total. The molecule has 1 aromatic carbocycles. The van der Waals surface area contributed by atoms with Crippen LogP contribution in [0.3, 0.4) is 0 Å². The molecule has 0 spiro atoms. The number of nitro groups is 1. The smallest absolute Gasteiger partial charge is 0.271 e. The number of nitrogens with one attached hydrogen (secondary N) is 1. The molecule has 0 atom stereocenters. The van der Waals surface area contributed by atoms with E-state index in [1.807, 2.05) is 19.2 Å². The van der Waals surface area contributed by atoms with E-state index in [0.717, 1.165) is 5.01 Å². The Balaban J connectivity index is 2.27. The maximum atomic E-state index is 10.7. The van der Waals surface area contributed by atoms with Gasteiger partial charge >= 0.3 is 0 Å². The van der Waals surface area contributed by atoms with Crippen LogP contribution < -0.4 is 5.32 Å². The molecule has 7 heteroatoms. The molecule has 0 saturated heterocycles. The number of benzene rings is 1. The SMILES string of the molecule is CC(C)(Nc1ccc([N+](=O)[O-])cc1Cl)c1nccs1. The van der Waals surface area contributed by atoms with Crippen molar-refractivity contribution in [3.05, 3.63) is 49.9 Å². The van der Waals surface area contributed by atoms with Crippen molar-refractivity contribution in [2.75, 3.05) is 5.32 Å². The Bertz CT molecular complexity index is 599. The van der Waals surface area contributed by atoms with Gasteiger partial charge in [-0.1, -0.05) is 11.6 Å². The van der Waals surface area contributed by atoms with Gasteiger partial charge in [0.05, 0.1) is 21.2 Å². The monoisotopic (exact) mass is 297 g/mol. The van der Waals surface area contributed by atoms with Gasteiger partial charge in [0.15, 0.2) is 0 Å². The molecule has 0 aliphatic carbocycles. The molecular formula is C12H12ClN3O2S. The Hall–Kier alpha value is -1.66. The maximum absolute atomic E-state index is 10.7. The van der Waals surface area contributed by atoms with Crippen LogP contribution in [0, 0.1) is 10.1 Å². The van der Waals surface area contributed by atoms with E-state index in [9.17, 15) is 10.1 Å². The van der Waals surface area contributed by atoms with Crippen molar-refractivity contribution in [3.8, 4) is 0 Å². The second kappa shape index (κ2) is 5.14. The van der Waals surface area contributed by atoms with Crippen LogP contribution in [0.4, 0.5) is 11.4 Å². The van der Waals surface area contributed by atoms with E-state index in [1.54, 1.807) is 12.3 Å². The molecule has 0 radical (unpaired) electrons. The van der Waals surface area contributed by atoms with Gasteiger partial charge in [0, 0.05) is 23.7 Å². The van der Waals surface area contributed by atoms with E-state index in [2.05, 4.69) is 10.3 Å². The van der Waals surface area contributed by atoms with Crippen LogP contribution in [0.2, 0.25) is 5.02 Å². The van der Waals surface area contributed by atoms with Crippen molar-refractivity contribution in [1.29, 1.82) is 0 Å². The highest BCUT2D eigenvalue weighted by Crippen LogP contribution is 2.32. The van der Waals surface area contributed by atoms with Crippen LogP contribution in [-0.4, -0.2) is 9.91 Å². The molecule has 0 bridgehead atoms. The summed E-state index contributed by atoms with van der Waals surface area (Å²) in [4.78, 5) is 14.4. The Morgan fingerprint density at radius 3 is 2.74 bits per heavy atom.